The first-order valence-corrected chi connectivity index (χ1v) is 9.50. The summed E-state index contributed by atoms with van der Waals surface area (Å²) in [7, 11) is 0. The highest BCUT2D eigenvalue weighted by atomic mass is 14.3. The largest absolute Gasteiger partial charge is 0.0773 e. The van der Waals surface area contributed by atoms with Crippen LogP contribution in [0, 0.1) is 5.92 Å². The predicted molar refractivity (Wildman–Crippen MR) is 102 cm³/mol. The van der Waals surface area contributed by atoms with Crippen LogP contribution < -0.4 is 0 Å². The SMILES string of the molecule is CCCCC1=CC(CC2C=C(CCCC)c3ccccc32)C=C1. The molecule has 0 amide bonds. The Hall–Kier alpha value is -1.56. The topological polar surface area (TPSA) is 0 Å². The fraction of sp³-hybridized carbons (Fsp3) is 0.478. The number of hydrogen-bond donors (Lipinski definition) is 0. The Balaban J connectivity index is 1.70. The van der Waals surface area contributed by atoms with Crippen molar-refractivity contribution < 1.29 is 0 Å². The molecule has 0 saturated carbocycles. The highest BCUT2D eigenvalue weighted by Gasteiger charge is 2.24. The zero-order chi connectivity index (χ0) is 16.1. The molecule has 0 aliphatic heterocycles. The van der Waals surface area contributed by atoms with E-state index in [1.54, 1.807) is 16.7 Å². The molecule has 0 heterocycles. The zero-order valence-electron chi connectivity index (χ0n) is 14.7. The van der Waals surface area contributed by atoms with Crippen molar-refractivity contribution in [2.45, 2.75) is 64.7 Å². The molecule has 0 bridgehead atoms. The van der Waals surface area contributed by atoms with E-state index in [4.69, 9.17) is 0 Å². The van der Waals surface area contributed by atoms with Gasteiger partial charge in [0.15, 0.2) is 0 Å². The van der Waals surface area contributed by atoms with Crippen LogP contribution in [0.15, 0.2) is 54.1 Å². The molecular formula is C23H30. The van der Waals surface area contributed by atoms with Gasteiger partial charge in [-0.15, -0.1) is 0 Å². The molecule has 2 aliphatic rings. The van der Waals surface area contributed by atoms with Gasteiger partial charge < -0.3 is 0 Å². The number of unbranched alkanes of at least 4 members (excludes halogenated alkanes) is 2. The standard InChI is InChI=1S/C23H30/c1-3-5-9-18-13-14-19(15-18)16-21-17-20(10-6-4-2)22-11-7-8-12-23(21)22/h7-8,11-15,17,19,21H,3-6,9-10,16H2,1-2H3. The molecule has 23 heavy (non-hydrogen) atoms. The van der Waals surface area contributed by atoms with Crippen LogP contribution in [-0.2, 0) is 0 Å². The second-order valence-corrected chi connectivity index (χ2v) is 7.09. The summed E-state index contributed by atoms with van der Waals surface area (Å²) in [6.45, 7) is 4.56. The molecule has 1 aromatic rings. The average molecular weight is 306 g/mol. The molecule has 0 fully saturated rings. The van der Waals surface area contributed by atoms with Crippen molar-refractivity contribution in [3.05, 3.63) is 65.3 Å². The van der Waals surface area contributed by atoms with Crippen molar-refractivity contribution in [3.8, 4) is 0 Å². The minimum absolute atomic E-state index is 0.606. The number of rotatable bonds is 8. The van der Waals surface area contributed by atoms with Crippen LogP contribution in [0.1, 0.15) is 75.8 Å². The lowest BCUT2D eigenvalue weighted by atomic mass is 9.91. The smallest absolute Gasteiger partial charge is 0.00386 e. The van der Waals surface area contributed by atoms with Gasteiger partial charge in [-0.1, -0.05) is 80.8 Å². The van der Waals surface area contributed by atoms with Gasteiger partial charge in [-0.05, 0) is 54.7 Å². The summed E-state index contributed by atoms with van der Waals surface area (Å²) in [4.78, 5) is 0. The van der Waals surface area contributed by atoms with Gasteiger partial charge in [0, 0.05) is 5.92 Å². The summed E-state index contributed by atoms with van der Waals surface area (Å²) < 4.78 is 0. The number of benzene rings is 1. The van der Waals surface area contributed by atoms with E-state index >= 15 is 0 Å². The third-order valence-corrected chi connectivity index (χ3v) is 5.24. The first kappa shape index (κ1) is 16.3. The molecule has 0 nitrogen and oxygen atoms in total. The monoisotopic (exact) mass is 306 g/mol. The van der Waals surface area contributed by atoms with Crippen molar-refractivity contribution in [1.82, 2.24) is 0 Å². The lowest BCUT2D eigenvalue weighted by Gasteiger charge is -2.13. The second-order valence-electron chi connectivity index (χ2n) is 7.09. The third kappa shape index (κ3) is 3.86. The normalized spacial score (nSPS) is 22.2. The lowest BCUT2D eigenvalue weighted by molar-refractivity contribution is 0.657. The van der Waals surface area contributed by atoms with Crippen LogP contribution in [0.5, 0.6) is 0 Å². The van der Waals surface area contributed by atoms with Gasteiger partial charge in [-0.3, -0.25) is 0 Å². The van der Waals surface area contributed by atoms with Crippen molar-refractivity contribution in [1.29, 1.82) is 0 Å². The van der Waals surface area contributed by atoms with Crippen LogP contribution in [0.25, 0.3) is 5.57 Å². The molecule has 0 spiro atoms. The maximum Gasteiger partial charge on any atom is 0.00386 e. The molecule has 2 atom stereocenters. The van der Waals surface area contributed by atoms with Gasteiger partial charge in [-0.25, -0.2) is 0 Å². The Morgan fingerprint density at radius 1 is 0.913 bits per heavy atom. The molecule has 0 aromatic heterocycles. The fourth-order valence-electron chi connectivity index (χ4n) is 3.94. The molecule has 2 aliphatic carbocycles. The lowest BCUT2D eigenvalue weighted by Crippen LogP contribution is -1.99. The van der Waals surface area contributed by atoms with E-state index in [1.807, 2.05) is 0 Å². The Labute approximate surface area is 142 Å². The van der Waals surface area contributed by atoms with Gasteiger partial charge in [0.05, 0.1) is 0 Å². The van der Waals surface area contributed by atoms with Crippen LogP contribution in [0.2, 0.25) is 0 Å². The van der Waals surface area contributed by atoms with Gasteiger partial charge in [0.2, 0.25) is 0 Å². The molecule has 3 rings (SSSR count). The van der Waals surface area contributed by atoms with Crippen LogP contribution in [0.3, 0.4) is 0 Å². The van der Waals surface area contributed by atoms with E-state index in [9.17, 15) is 0 Å². The zero-order valence-corrected chi connectivity index (χ0v) is 14.7. The molecule has 122 valence electrons. The molecule has 0 saturated heterocycles. The molecule has 2 unspecified atom stereocenters. The van der Waals surface area contributed by atoms with E-state index in [1.165, 1.54) is 50.5 Å². The third-order valence-electron chi connectivity index (χ3n) is 5.24. The van der Waals surface area contributed by atoms with Crippen LogP contribution in [0.4, 0.5) is 0 Å². The molecule has 0 heteroatoms. The predicted octanol–water partition coefficient (Wildman–Crippen LogP) is 7.05. The van der Waals surface area contributed by atoms with Gasteiger partial charge in [0.1, 0.15) is 0 Å². The van der Waals surface area contributed by atoms with Crippen molar-refractivity contribution in [2.24, 2.45) is 5.92 Å². The van der Waals surface area contributed by atoms with Gasteiger partial charge >= 0.3 is 0 Å². The van der Waals surface area contributed by atoms with E-state index in [0.717, 1.165) is 0 Å². The Bertz CT molecular complexity index is 615. The quantitative estimate of drug-likeness (QED) is 0.482. The average Bonchev–Trinajstić information content (AvgIpc) is 3.17. The van der Waals surface area contributed by atoms with Gasteiger partial charge in [0.25, 0.3) is 0 Å². The summed E-state index contributed by atoms with van der Waals surface area (Å²) in [6.07, 6.45) is 18.8. The van der Waals surface area contributed by atoms with E-state index < -0.39 is 0 Å². The number of hydrogen-bond acceptors (Lipinski definition) is 0. The minimum atomic E-state index is 0.606. The van der Waals surface area contributed by atoms with Gasteiger partial charge in [-0.2, -0.15) is 0 Å². The summed E-state index contributed by atoms with van der Waals surface area (Å²) >= 11 is 0. The maximum absolute atomic E-state index is 2.56. The number of fused-ring (bicyclic) bond motifs is 1. The van der Waals surface area contributed by atoms with Crippen molar-refractivity contribution in [2.75, 3.05) is 0 Å². The fourth-order valence-corrected chi connectivity index (χ4v) is 3.94. The maximum atomic E-state index is 2.56. The summed E-state index contributed by atoms with van der Waals surface area (Å²) in [5, 5.41) is 0. The molecule has 0 N–H and O–H groups in total. The summed E-state index contributed by atoms with van der Waals surface area (Å²) in [5.41, 5.74) is 6.22. The first-order valence-electron chi connectivity index (χ1n) is 9.50. The Morgan fingerprint density at radius 3 is 2.52 bits per heavy atom. The van der Waals surface area contributed by atoms with Crippen LogP contribution >= 0.6 is 0 Å². The van der Waals surface area contributed by atoms with Crippen molar-refractivity contribution >= 4 is 5.57 Å². The molecular weight excluding hydrogens is 276 g/mol. The van der Waals surface area contributed by atoms with E-state index in [0.29, 0.717) is 11.8 Å². The summed E-state index contributed by atoms with van der Waals surface area (Å²) in [5.74, 6) is 1.23. The number of allylic oxidation sites excluding steroid dienone is 6. The second kappa shape index (κ2) is 7.81. The summed E-state index contributed by atoms with van der Waals surface area (Å²) in [6, 6.07) is 9.06. The first-order chi connectivity index (χ1) is 11.3. The van der Waals surface area contributed by atoms with Crippen LogP contribution in [-0.4, -0.2) is 0 Å². The highest BCUT2D eigenvalue weighted by molar-refractivity contribution is 5.74. The minimum Gasteiger partial charge on any atom is -0.0773 e. The van der Waals surface area contributed by atoms with Crippen molar-refractivity contribution in [3.63, 3.8) is 0 Å². The Kier molecular flexibility index (Phi) is 5.54. The van der Waals surface area contributed by atoms with E-state index in [-0.39, 0.29) is 0 Å². The molecule has 0 radical (unpaired) electrons. The Morgan fingerprint density at radius 2 is 1.70 bits per heavy atom. The highest BCUT2D eigenvalue weighted by Crippen LogP contribution is 2.42. The molecule has 1 aromatic carbocycles. The van der Waals surface area contributed by atoms with E-state index in [2.05, 4.69) is 62.4 Å².